The molecule has 1 aromatic heterocycles. The topological polar surface area (TPSA) is 33.4 Å². The lowest BCUT2D eigenvalue weighted by atomic mass is 10.0. The van der Waals surface area contributed by atoms with Crippen LogP contribution in [-0.4, -0.2) is 27.2 Å². The first-order valence-corrected chi connectivity index (χ1v) is 8.88. The molecule has 0 unspecified atom stereocenters. The molecule has 0 saturated carbocycles. The van der Waals surface area contributed by atoms with E-state index in [0.29, 0.717) is 5.56 Å². The maximum Gasteiger partial charge on any atom is 0.338 e. The number of rotatable bonds is 4. The number of aryl methyl sites for hydroxylation is 2. The van der Waals surface area contributed by atoms with Crippen molar-refractivity contribution < 1.29 is 14.1 Å². The second-order valence-corrected chi connectivity index (χ2v) is 6.85. The second kappa shape index (κ2) is 7.62. The Morgan fingerprint density at radius 3 is 2.37 bits per heavy atom. The molecule has 0 atom stereocenters. The molecule has 0 N–H and O–H groups in total. The first-order valence-electron chi connectivity index (χ1n) is 8.88. The summed E-state index contributed by atoms with van der Waals surface area (Å²) in [5, 5.41) is 1.12. The average molecular weight is 361 g/mol. The van der Waals surface area contributed by atoms with Crippen LogP contribution < -0.4 is 9.47 Å². The quantitative estimate of drug-likeness (QED) is 0.520. The Morgan fingerprint density at radius 1 is 1.04 bits per heavy atom. The van der Waals surface area contributed by atoms with Crippen molar-refractivity contribution in [2.24, 2.45) is 7.05 Å². The SMILES string of the molecule is COC(=O)c1ccc2c(C)cc(/C=C/c3ccc(N(C)C)cc3)[n+](C)c2c1. The van der Waals surface area contributed by atoms with Gasteiger partial charge in [-0.05, 0) is 48.4 Å². The number of hydrogen-bond donors (Lipinski definition) is 0. The zero-order chi connectivity index (χ0) is 19.6. The lowest BCUT2D eigenvalue weighted by Gasteiger charge is -2.11. The fourth-order valence-electron chi connectivity index (χ4n) is 3.15. The summed E-state index contributed by atoms with van der Waals surface area (Å²) in [6.45, 7) is 2.09. The van der Waals surface area contributed by atoms with Crippen LogP contribution in [0.25, 0.3) is 23.1 Å². The van der Waals surface area contributed by atoms with E-state index in [1.54, 1.807) is 0 Å². The van der Waals surface area contributed by atoms with Gasteiger partial charge in [0.25, 0.3) is 0 Å². The van der Waals surface area contributed by atoms with Gasteiger partial charge in [-0.3, -0.25) is 0 Å². The molecule has 27 heavy (non-hydrogen) atoms. The summed E-state index contributed by atoms with van der Waals surface area (Å²) >= 11 is 0. The van der Waals surface area contributed by atoms with Crippen molar-refractivity contribution in [1.29, 1.82) is 0 Å². The lowest BCUT2D eigenvalue weighted by molar-refractivity contribution is -0.646. The Labute approximate surface area is 160 Å². The molecule has 0 fully saturated rings. The third kappa shape index (κ3) is 3.85. The maximum absolute atomic E-state index is 11.9. The number of nitrogens with zero attached hydrogens (tertiary/aromatic N) is 2. The van der Waals surface area contributed by atoms with Crippen LogP contribution in [-0.2, 0) is 11.8 Å². The fraction of sp³-hybridized carbons (Fsp3) is 0.217. The summed E-state index contributed by atoms with van der Waals surface area (Å²) in [5.74, 6) is -0.323. The van der Waals surface area contributed by atoms with Crippen LogP contribution in [0.1, 0.15) is 27.2 Å². The van der Waals surface area contributed by atoms with Crippen LogP contribution in [0.4, 0.5) is 5.69 Å². The minimum atomic E-state index is -0.323. The number of carbonyl (C=O) groups is 1. The van der Waals surface area contributed by atoms with Crippen molar-refractivity contribution >= 4 is 34.7 Å². The zero-order valence-electron chi connectivity index (χ0n) is 16.5. The molecule has 0 spiro atoms. The van der Waals surface area contributed by atoms with Gasteiger partial charge in [-0.15, -0.1) is 0 Å². The fourth-order valence-corrected chi connectivity index (χ4v) is 3.15. The van der Waals surface area contributed by atoms with Crippen LogP contribution in [0.5, 0.6) is 0 Å². The first kappa shape index (κ1) is 18.6. The summed E-state index contributed by atoms with van der Waals surface area (Å²) in [4.78, 5) is 14.0. The summed E-state index contributed by atoms with van der Waals surface area (Å²) in [6.07, 6.45) is 4.20. The molecule has 2 aromatic carbocycles. The smallest absolute Gasteiger partial charge is 0.338 e. The third-order valence-corrected chi connectivity index (χ3v) is 4.81. The molecule has 0 saturated heterocycles. The number of methoxy groups -OCH3 is 1. The van der Waals surface area contributed by atoms with Gasteiger partial charge in [0.2, 0.25) is 11.2 Å². The largest absolute Gasteiger partial charge is 0.465 e. The van der Waals surface area contributed by atoms with Gasteiger partial charge in [0.15, 0.2) is 0 Å². The van der Waals surface area contributed by atoms with Gasteiger partial charge < -0.3 is 9.64 Å². The number of pyridine rings is 1. The Hall–Kier alpha value is -3.14. The normalized spacial score (nSPS) is 11.1. The number of aromatic nitrogens is 1. The van der Waals surface area contributed by atoms with Gasteiger partial charge in [0.1, 0.15) is 7.05 Å². The molecule has 0 bridgehead atoms. The molecule has 0 aliphatic heterocycles. The van der Waals surface area contributed by atoms with Crippen LogP contribution in [0.15, 0.2) is 48.5 Å². The predicted molar refractivity (Wildman–Crippen MR) is 111 cm³/mol. The molecular weight excluding hydrogens is 336 g/mol. The molecule has 3 aromatic rings. The standard InChI is InChI=1S/C23H25N2O2/c1-16-14-20(12-8-17-6-10-19(11-7-17)24(2)3)25(4)22-15-18(23(26)27-5)9-13-21(16)22/h6-15H,1-5H3/q+1. The number of anilines is 1. The summed E-state index contributed by atoms with van der Waals surface area (Å²) in [7, 11) is 7.48. The zero-order valence-corrected chi connectivity index (χ0v) is 16.5. The van der Waals surface area contributed by atoms with E-state index in [4.69, 9.17) is 4.74 Å². The van der Waals surface area contributed by atoms with Gasteiger partial charge in [0.05, 0.1) is 12.7 Å². The van der Waals surface area contributed by atoms with E-state index in [-0.39, 0.29) is 5.97 Å². The highest BCUT2D eigenvalue weighted by atomic mass is 16.5. The molecule has 0 aliphatic carbocycles. The number of benzene rings is 2. The summed E-state index contributed by atoms with van der Waals surface area (Å²) in [6, 6.07) is 16.3. The van der Waals surface area contributed by atoms with E-state index >= 15 is 0 Å². The van der Waals surface area contributed by atoms with E-state index in [1.807, 2.05) is 39.3 Å². The molecule has 138 valence electrons. The van der Waals surface area contributed by atoms with E-state index < -0.39 is 0 Å². The average Bonchev–Trinajstić information content (AvgIpc) is 2.68. The highest BCUT2D eigenvalue weighted by molar-refractivity contribution is 5.94. The van der Waals surface area contributed by atoms with Crippen molar-refractivity contribution in [3.63, 3.8) is 0 Å². The van der Waals surface area contributed by atoms with E-state index in [9.17, 15) is 4.79 Å². The van der Waals surface area contributed by atoms with Crippen LogP contribution >= 0.6 is 0 Å². The third-order valence-electron chi connectivity index (χ3n) is 4.81. The summed E-state index contributed by atoms with van der Waals surface area (Å²) in [5.41, 5.74) is 6.11. The van der Waals surface area contributed by atoms with Gasteiger partial charge in [-0.2, -0.15) is 4.57 Å². The predicted octanol–water partition coefficient (Wildman–Crippen LogP) is 4.00. The Bertz CT molecular complexity index is 1020. The Morgan fingerprint density at radius 2 is 1.74 bits per heavy atom. The number of carbonyl (C=O) groups excluding carboxylic acids is 1. The van der Waals surface area contributed by atoms with E-state index in [2.05, 4.69) is 58.9 Å². The second-order valence-electron chi connectivity index (χ2n) is 6.85. The Kier molecular flexibility index (Phi) is 5.26. The highest BCUT2D eigenvalue weighted by Crippen LogP contribution is 2.20. The molecule has 0 radical (unpaired) electrons. The maximum atomic E-state index is 11.9. The van der Waals surface area contributed by atoms with Crippen molar-refractivity contribution in [3.8, 4) is 0 Å². The lowest BCUT2D eigenvalue weighted by Crippen LogP contribution is -2.33. The molecule has 4 heteroatoms. The Balaban J connectivity index is 2.01. The van der Waals surface area contributed by atoms with Gasteiger partial charge in [-0.1, -0.05) is 12.1 Å². The van der Waals surface area contributed by atoms with E-state index in [1.165, 1.54) is 18.4 Å². The van der Waals surface area contributed by atoms with Crippen LogP contribution in [0.3, 0.4) is 0 Å². The molecule has 0 amide bonds. The molecule has 0 aliphatic rings. The summed E-state index contributed by atoms with van der Waals surface area (Å²) < 4.78 is 6.95. The minimum Gasteiger partial charge on any atom is -0.465 e. The van der Waals surface area contributed by atoms with Gasteiger partial charge in [-0.25, -0.2) is 4.79 Å². The van der Waals surface area contributed by atoms with Gasteiger partial charge in [0, 0.05) is 43.4 Å². The van der Waals surface area contributed by atoms with E-state index in [0.717, 1.165) is 22.2 Å². The van der Waals surface area contributed by atoms with Crippen molar-refractivity contribution in [2.45, 2.75) is 6.92 Å². The highest BCUT2D eigenvalue weighted by Gasteiger charge is 2.16. The number of esters is 1. The minimum absolute atomic E-state index is 0.323. The van der Waals surface area contributed by atoms with Gasteiger partial charge >= 0.3 is 5.97 Å². The first-order chi connectivity index (χ1) is 12.9. The van der Waals surface area contributed by atoms with Crippen molar-refractivity contribution in [2.75, 3.05) is 26.1 Å². The number of fused-ring (bicyclic) bond motifs is 1. The molecule has 3 rings (SSSR count). The number of ether oxygens (including phenoxy) is 1. The van der Waals surface area contributed by atoms with Crippen LogP contribution in [0, 0.1) is 6.92 Å². The monoisotopic (exact) mass is 361 g/mol. The molecule has 1 heterocycles. The molecular formula is C23H25N2O2+. The van der Waals surface area contributed by atoms with Crippen molar-refractivity contribution in [1.82, 2.24) is 0 Å². The van der Waals surface area contributed by atoms with Crippen molar-refractivity contribution in [3.05, 3.63) is 70.9 Å². The number of hydrogen-bond acceptors (Lipinski definition) is 3. The molecule has 4 nitrogen and oxygen atoms in total. The van der Waals surface area contributed by atoms with Crippen LogP contribution in [0.2, 0.25) is 0 Å².